The van der Waals surface area contributed by atoms with E-state index >= 15 is 0 Å². The van der Waals surface area contributed by atoms with E-state index in [1.165, 1.54) is 51.4 Å². The molecule has 0 saturated carbocycles. The predicted molar refractivity (Wildman–Crippen MR) is 96.2 cm³/mol. The first-order valence-corrected chi connectivity index (χ1v) is 9.79. The monoisotopic (exact) mass is 312 g/mol. The smallest absolute Gasteiger partial charge is 0.306 e. The molecule has 0 saturated heterocycles. The van der Waals surface area contributed by atoms with Gasteiger partial charge in [0.2, 0.25) is 0 Å². The molecular weight excluding hydrogens is 272 g/mol. The van der Waals surface area contributed by atoms with Crippen molar-refractivity contribution in [2.75, 3.05) is 0 Å². The molecule has 0 aliphatic rings. The van der Waals surface area contributed by atoms with Crippen LogP contribution in [0.25, 0.3) is 0 Å². The van der Waals surface area contributed by atoms with Gasteiger partial charge in [0, 0.05) is 6.42 Å². The molecule has 0 N–H and O–H groups in total. The standard InChI is InChI=1S/C20H40O2/c1-5-8-10-11-12-13-14-15-16-17-19(21)22-20(4,7-3)18-9-6-2/h5-18H2,1-4H3. The normalized spacial score (nSPS) is 13.8. The quantitative estimate of drug-likeness (QED) is 0.245. The summed E-state index contributed by atoms with van der Waals surface area (Å²) in [6.07, 6.45) is 16.3. The molecule has 0 aromatic rings. The van der Waals surface area contributed by atoms with Crippen molar-refractivity contribution < 1.29 is 9.53 Å². The number of hydrogen-bond acceptors (Lipinski definition) is 2. The second-order valence-electron chi connectivity index (χ2n) is 6.96. The van der Waals surface area contributed by atoms with E-state index in [1.807, 2.05) is 0 Å². The zero-order valence-corrected chi connectivity index (χ0v) is 15.7. The van der Waals surface area contributed by atoms with Gasteiger partial charge in [-0.2, -0.15) is 0 Å². The van der Waals surface area contributed by atoms with E-state index in [0.717, 1.165) is 32.1 Å². The van der Waals surface area contributed by atoms with Crippen LogP contribution in [-0.2, 0) is 9.53 Å². The summed E-state index contributed by atoms with van der Waals surface area (Å²) in [5, 5.41) is 0. The molecule has 0 aliphatic heterocycles. The topological polar surface area (TPSA) is 26.3 Å². The van der Waals surface area contributed by atoms with E-state index in [1.54, 1.807) is 0 Å². The molecule has 0 aromatic heterocycles. The van der Waals surface area contributed by atoms with Crippen LogP contribution in [-0.4, -0.2) is 11.6 Å². The van der Waals surface area contributed by atoms with E-state index in [0.29, 0.717) is 6.42 Å². The highest BCUT2D eigenvalue weighted by atomic mass is 16.6. The summed E-state index contributed by atoms with van der Waals surface area (Å²) in [6, 6.07) is 0. The summed E-state index contributed by atoms with van der Waals surface area (Å²) < 4.78 is 5.72. The third-order valence-electron chi connectivity index (χ3n) is 4.65. The van der Waals surface area contributed by atoms with Gasteiger partial charge in [-0.25, -0.2) is 0 Å². The minimum absolute atomic E-state index is 0.00315. The fraction of sp³-hybridized carbons (Fsp3) is 0.950. The van der Waals surface area contributed by atoms with Crippen molar-refractivity contribution in [3.8, 4) is 0 Å². The molecule has 1 unspecified atom stereocenters. The van der Waals surface area contributed by atoms with Gasteiger partial charge in [-0.05, 0) is 32.6 Å². The summed E-state index contributed by atoms with van der Waals surface area (Å²) in [7, 11) is 0. The summed E-state index contributed by atoms with van der Waals surface area (Å²) in [5.74, 6) is 0.00315. The van der Waals surface area contributed by atoms with Crippen LogP contribution in [0.1, 0.15) is 118 Å². The van der Waals surface area contributed by atoms with Crippen molar-refractivity contribution in [3.05, 3.63) is 0 Å². The van der Waals surface area contributed by atoms with Crippen LogP contribution in [0.15, 0.2) is 0 Å². The van der Waals surface area contributed by atoms with E-state index < -0.39 is 0 Å². The first-order chi connectivity index (χ1) is 10.6. The average Bonchev–Trinajstić information content (AvgIpc) is 2.51. The van der Waals surface area contributed by atoms with Gasteiger partial charge in [0.25, 0.3) is 0 Å². The zero-order chi connectivity index (χ0) is 16.7. The molecule has 0 rings (SSSR count). The second-order valence-corrected chi connectivity index (χ2v) is 6.96. The molecule has 2 nitrogen and oxygen atoms in total. The van der Waals surface area contributed by atoms with Crippen LogP contribution in [0.4, 0.5) is 0 Å². The zero-order valence-electron chi connectivity index (χ0n) is 15.7. The Hall–Kier alpha value is -0.530. The molecule has 0 radical (unpaired) electrons. The van der Waals surface area contributed by atoms with E-state index in [-0.39, 0.29) is 11.6 Å². The Kier molecular flexibility index (Phi) is 13.7. The molecule has 0 spiro atoms. The molecule has 2 heteroatoms. The molecule has 0 heterocycles. The number of unbranched alkanes of at least 4 members (excludes halogenated alkanes) is 9. The Morgan fingerprint density at radius 1 is 0.773 bits per heavy atom. The lowest BCUT2D eigenvalue weighted by atomic mass is 9.96. The predicted octanol–water partition coefficient (Wildman–Crippen LogP) is 6.81. The van der Waals surface area contributed by atoms with Crippen molar-refractivity contribution in [2.24, 2.45) is 0 Å². The maximum absolute atomic E-state index is 12.0. The van der Waals surface area contributed by atoms with Crippen LogP contribution in [0.5, 0.6) is 0 Å². The number of carbonyl (C=O) groups is 1. The Labute approximate surface area is 139 Å². The Morgan fingerprint density at radius 3 is 1.77 bits per heavy atom. The van der Waals surface area contributed by atoms with Gasteiger partial charge in [0.15, 0.2) is 0 Å². The number of ether oxygens (including phenoxy) is 1. The maximum atomic E-state index is 12.0. The maximum Gasteiger partial charge on any atom is 0.306 e. The average molecular weight is 313 g/mol. The highest BCUT2D eigenvalue weighted by Gasteiger charge is 2.25. The summed E-state index contributed by atoms with van der Waals surface area (Å²) in [5.41, 5.74) is -0.244. The van der Waals surface area contributed by atoms with Crippen LogP contribution >= 0.6 is 0 Å². The van der Waals surface area contributed by atoms with E-state index in [2.05, 4.69) is 27.7 Å². The van der Waals surface area contributed by atoms with Crippen molar-refractivity contribution >= 4 is 5.97 Å². The highest BCUT2D eigenvalue weighted by Crippen LogP contribution is 2.23. The minimum atomic E-state index is -0.244. The van der Waals surface area contributed by atoms with Crippen molar-refractivity contribution in [3.63, 3.8) is 0 Å². The van der Waals surface area contributed by atoms with Crippen LogP contribution in [0.3, 0.4) is 0 Å². The molecule has 0 fully saturated rings. The summed E-state index contributed by atoms with van der Waals surface area (Å²) in [6.45, 7) is 8.63. The molecule has 0 amide bonds. The van der Waals surface area contributed by atoms with Gasteiger partial charge in [-0.1, -0.05) is 78.6 Å². The Bertz CT molecular complexity index is 262. The first-order valence-electron chi connectivity index (χ1n) is 9.79. The van der Waals surface area contributed by atoms with Gasteiger partial charge in [-0.15, -0.1) is 0 Å². The van der Waals surface area contributed by atoms with Gasteiger partial charge < -0.3 is 4.74 Å². The third-order valence-corrected chi connectivity index (χ3v) is 4.65. The van der Waals surface area contributed by atoms with Gasteiger partial charge in [0.05, 0.1) is 0 Å². The largest absolute Gasteiger partial charge is 0.459 e. The fourth-order valence-electron chi connectivity index (χ4n) is 2.76. The third kappa shape index (κ3) is 12.1. The number of esters is 1. The van der Waals surface area contributed by atoms with Crippen molar-refractivity contribution in [1.82, 2.24) is 0 Å². The molecule has 0 bridgehead atoms. The van der Waals surface area contributed by atoms with Crippen LogP contribution in [0, 0.1) is 0 Å². The van der Waals surface area contributed by atoms with E-state index in [9.17, 15) is 4.79 Å². The lowest BCUT2D eigenvalue weighted by Crippen LogP contribution is -2.30. The molecule has 132 valence electrons. The second kappa shape index (κ2) is 14.1. The fourth-order valence-corrected chi connectivity index (χ4v) is 2.76. The number of hydrogen-bond donors (Lipinski definition) is 0. The molecule has 0 aromatic carbocycles. The van der Waals surface area contributed by atoms with E-state index in [4.69, 9.17) is 4.74 Å². The Morgan fingerprint density at radius 2 is 1.27 bits per heavy atom. The minimum Gasteiger partial charge on any atom is -0.459 e. The SMILES string of the molecule is CCCCCCCCCCCC(=O)OC(C)(CC)CCCC. The lowest BCUT2D eigenvalue weighted by molar-refractivity contribution is -0.159. The van der Waals surface area contributed by atoms with Crippen molar-refractivity contribution in [1.29, 1.82) is 0 Å². The summed E-state index contributed by atoms with van der Waals surface area (Å²) in [4.78, 5) is 12.0. The molecule has 1 atom stereocenters. The van der Waals surface area contributed by atoms with Gasteiger partial charge in [-0.3, -0.25) is 4.79 Å². The molecular formula is C20H40O2. The highest BCUT2D eigenvalue weighted by molar-refractivity contribution is 5.69. The van der Waals surface area contributed by atoms with Crippen molar-refractivity contribution in [2.45, 2.75) is 123 Å². The summed E-state index contributed by atoms with van der Waals surface area (Å²) >= 11 is 0. The number of carbonyl (C=O) groups excluding carboxylic acids is 1. The Balaban J connectivity index is 3.59. The molecule has 0 aliphatic carbocycles. The van der Waals surface area contributed by atoms with Gasteiger partial charge >= 0.3 is 5.97 Å². The van der Waals surface area contributed by atoms with Crippen LogP contribution in [0.2, 0.25) is 0 Å². The van der Waals surface area contributed by atoms with Crippen LogP contribution < -0.4 is 0 Å². The molecule has 22 heavy (non-hydrogen) atoms. The van der Waals surface area contributed by atoms with Gasteiger partial charge in [0.1, 0.15) is 5.60 Å². The number of rotatable bonds is 15. The first kappa shape index (κ1) is 21.5. The lowest BCUT2D eigenvalue weighted by Gasteiger charge is -2.28.